The van der Waals surface area contributed by atoms with Crippen LogP contribution in [0.25, 0.3) is 11.0 Å². The van der Waals surface area contributed by atoms with Crippen molar-refractivity contribution in [2.75, 3.05) is 6.79 Å². The highest BCUT2D eigenvalue weighted by molar-refractivity contribution is 5.80. The van der Waals surface area contributed by atoms with Crippen molar-refractivity contribution in [2.24, 2.45) is 0 Å². The molecule has 1 aromatic heterocycles. The van der Waals surface area contributed by atoms with Crippen molar-refractivity contribution < 1.29 is 29.0 Å². The largest absolute Gasteiger partial charge is 0.480 e. The third kappa shape index (κ3) is 6.33. The molecule has 0 radical (unpaired) electrons. The smallest absolute Gasteiger partial charge is 0.408 e. The Morgan fingerprint density at radius 3 is 2.52 bits per heavy atom. The number of nitrogens with zero attached hydrogens (tertiary/aromatic N) is 3. The predicted octanol–water partition coefficient (Wildman–Crippen LogP) is 2.42. The zero-order chi connectivity index (χ0) is 22.4. The molecule has 0 aliphatic heterocycles. The average molecular weight is 428 g/mol. The molecule has 164 valence electrons. The molecule has 31 heavy (non-hydrogen) atoms. The van der Waals surface area contributed by atoms with Crippen LogP contribution in [0, 0.1) is 0 Å². The third-order valence-electron chi connectivity index (χ3n) is 4.07. The van der Waals surface area contributed by atoms with E-state index in [9.17, 15) is 14.7 Å². The van der Waals surface area contributed by atoms with E-state index < -0.39 is 23.7 Å². The minimum absolute atomic E-state index is 0.0926. The van der Waals surface area contributed by atoms with Crippen LogP contribution in [0.2, 0.25) is 0 Å². The van der Waals surface area contributed by atoms with Gasteiger partial charge in [0.2, 0.25) is 0 Å². The maximum absolute atomic E-state index is 11.9. The first kappa shape index (κ1) is 21.9. The quantitative estimate of drug-likeness (QED) is 0.524. The SMILES string of the molecule is CC(C)(C)OC(=O)N[C@H](Cc1ccc(OCOn2nnc3ccccc32)cc1)C(=O)O. The Hall–Kier alpha value is -3.82. The Kier molecular flexibility index (Phi) is 6.58. The number of hydrogen-bond donors (Lipinski definition) is 2. The standard InChI is InChI=1S/C21H24N4O6/c1-21(2,3)31-20(28)22-17(19(26)27)12-14-8-10-15(11-9-14)29-13-30-25-18-7-5-4-6-16(18)23-24-25/h4-11,17H,12-13H2,1-3H3,(H,22,28)(H,26,27)/t17-/m1/s1. The second kappa shape index (κ2) is 9.33. The van der Waals surface area contributed by atoms with Crippen molar-refractivity contribution in [3.05, 3.63) is 54.1 Å². The first-order valence-electron chi connectivity index (χ1n) is 9.59. The number of ether oxygens (including phenoxy) is 2. The average Bonchev–Trinajstić information content (AvgIpc) is 3.10. The van der Waals surface area contributed by atoms with Crippen LogP contribution in [-0.4, -0.2) is 50.8 Å². The lowest BCUT2D eigenvalue weighted by Crippen LogP contribution is -2.44. The van der Waals surface area contributed by atoms with E-state index in [-0.39, 0.29) is 13.2 Å². The second-order valence-electron chi connectivity index (χ2n) is 7.73. The number of benzene rings is 2. The van der Waals surface area contributed by atoms with Gasteiger partial charge in [-0.3, -0.25) is 0 Å². The Bertz CT molecular complexity index is 1040. The molecule has 2 N–H and O–H groups in total. The number of nitrogens with one attached hydrogen (secondary N) is 1. The first-order valence-corrected chi connectivity index (χ1v) is 9.59. The van der Waals surface area contributed by atoms with Crippen molar-refractivity contribution in [1.29, 1.82) is 0 Å². The van der Waals surface area contributed by atoms with Crippen LogP contribution in [0.15, 0.2) is 48.5 Å². The molecule has 0 bridgehead atoms. The summed E-state index contributed by atoms with van der Waals surface area (Å²) in [6.07, 6.45) is -0.686. The molecule has 3 rings (SSSR count). The van der Waals surface area contributed by atoms with E-state index in [0.717, 1.165) is 5.52 Å². The fourth-order valence-electron chi connectivity index (χ4n) is 2.69. The summed E-state index contributed by atoms with van der Waals surface area (Å²) >= 11 is 0. The van der Waals surface area contributed by atoms with E-state index >= 15 is 0 Å². The number of para-hydroxylation sites is 1. The van der Waals surface area contributed by atoms with Crippen molar-refractivity contribution in [2.45, 2.75) is 38.8 Å². The van der Waals surface area contributed by atoms with Gasteiger partial charge in [-0.2, -0.15) is 0 Å². The number of amides is 1. The summed E-state index contributed by atoms with van der Waals surface area (Å²) in [6.45, 7) is 5.02. The highest BCUT2D eigenvalue weighted by atomic mass is 16.8. The lowest BCUT2D eigenvalue weighted by molar-refractivity contribution is -0.139. The number of fused-ring (bicyclic) bond motifs is 1. The monoisotopic (exact) mass is 428 g/mol. The number of alkyl carbamates (subject to hydrolysis) is 1. The molecule has 0 spiro atoms. The zero-order valence-electron chi connectivity index (χ0n) is 17.4. The number of carboxylic acids is 1. The van der Waals surface area contributed by atoms with Crippen LogP contribution in [0.3, 0.4) is 0 Å². The number of aromatic nitrogens is 3. The van der Waals surface area contributed by atoms with Crippen LogP contribution in [0.4, 0.5) is 4.79 Å². The molecular formula is C21H24N4O6. The molecule has 0 aliphatic carbocycles. The molecule has 0 unspecified atom stereocenters. The lowest BCUT2D eigenvalue weighted by Gasteiger charge is -2.22. The van der Waals surface area contributed by atoms with Gasteiger partial charge < -0.3 is 24.7 Å². The van der Waals surface area contributed by atoms with Crippen molar-refractivity contribution in [1.82, 2.24) is 20.5 Å². The summed E-state index contributed by atoms with van der Waals surface area (Å²) in [5, 5.41) is 19.6. The van der Waals surface area contributed by atoms with Crippen LogP contribution < -0.4 is 14.9 Å². The predicted molar refractivity (Wildman–Crippen MR) is 111 cm³/mol. The van der Waals surface area contributed by atoms with Crippen LogP contribution in [0.5, 0.6) is 5.75 Å². The van der Waals surface area contributed by atoms with E-state index in [4.69, 9.17) is 14.3 Å². The van der Waals surface area contributed by atoms with E-state index in [1.807, 2.05) is 24.3 Å². The number of carbonyl (C=O) groups excluding carboxylic acids is 1. The van der Waals surface area contributed by atoms with Crippen molar-refractivity contribution in [3.8, 4) is 5.75 Å². The van der Waals surface area contributed by atoms with Gasteiger partial charge in [0.1, 0.15) is 28.4 Å². The Morgan fingerprint density at radius 2 is 1.84 bits per heavy atom. The fraction of sp³-hybridized carbons (Fsp3) is 0.333. The molecular weight excluding hydrogens is 404 g/mol. The molecule has 0 saturated carbocycles. The van der Waals surface area contributed by atoms with Gasteiger partial charge in [-0.15, -0.1) is 5.10 Å². The van der Waals surface area contributed by atoms with Gasteiger partial charge in [0.15, 0.2) is 0 Å². The summed E-state index contributed by atoms with van der Waals surface area (Å²) < 4.78 is 10.7. The Labute approximate surface area is 178 Å². The van der Waals surface area contributed by atoms with Gasteiger partial charge in [-0.05, 0) is 55.8 Å². The van der Waals surface area contributed by atoms with Gasteiger partial charge >= 0.3 is 12.1 Å². The molecule has 10 heteroatoms. The van der Waals surface area contributed by atoms with Crippen LogP contribution in [0.1, 0.15) is 26.3 Å². The van der Waals surface area contributed by atoms with Crippen LogP contribution >= 0.6 is 0 Å². The summed E-state index contributed by atoms with van der Waals surface area (Å²) in [6, 6.07) is 13.0. The molecule has 2 aromatic carbocycles. The van der Waals surface area contributed by atoms with Gasteiger partial charge in [0.05, 0.1) is 0 Å². The number of carboxylic acid groups (broad SMARTS) is 1. The lowest BCUT2D eigenvalue weighted by atomic mass is 10.1. The number of aliphatic carboxylic acids is 1. The first-order chi connectivity index (χ1) is 14.7. The van der Waals surface area contributed by atoms with Gasteiger partial charge in [0, 0.05) is 6.42 Å². The summed E-state index contributed by atoms with van der Waals surface area (Å²) in [5.74, 6) is -0.625. The molecule has 0 saturated heterocycles. The van der Waals surface area contributed by atoms with Crippen molar-refractivity contribution >= 4 is 23.1 Å². The summed E-state index contributed by atoms with van der Waals surface area (Å²) in [5.41, 5.74) is 1.42. The van der Waals surface area contributed by atoms with Crippen molar-refractivity contribution in [3.63, 3.8) is 0 Å². The number of hydrogen-bond acceptors (Lipinski definition) is 7. The van der Waals surface area contributed by atoms with E-state index in [1.54, 1.807) is 45.0 Å². The van der Waals surface area contributed by atoms with Gasteiger partial charge in [-0.25, -0.2) is 9.59 Å². The topological polar surface area (TPSA) is 125 Å². The van der Waals surface area contributed by atoms with E-state index in [0.29, 0.717) is 16.8 Å². The third-order valence-corrected chi connectivity index (χ3v) is 4.07. The fourth-order valence-corrected chi connectivity index (χ4v) is 2.69. The molecule has 1 atom stereocenters. The number of carbonyl (C=O) groups is 2. The molecule has 0 aliphatic rings. The minimum Gasteiger partial charge on any atom is -0.480 e. The van der Waals surface area contributed by atoms with Crippen LogP contribution in [-0.2, 0) is 16.0 Å². The summed E-state index contributed by atoms with van der Waals surface area (Å²) in [7, 11) is 0. The molecule has 0 fully saturated rings. The molecule has 3 aromatic rings. The number of rotatable bonds is 8. The van der Waals surface area contributed by atoms with Gasteiger partial charge in [0.25, 0.3) is 6.79 Å². The highest BCUT2D eigenvalue weighted by Crippen LogP contribution is 2.15. The second-order valence-corrected chi connectivity index (χ2v) is 7.73. The molecule has 1 amide bonds. The Morgan fingerprint density at radius 1 is 1.13 bits per heavy atom. The maximum atomic E-state index is 11.9. The Balaban J connectivity index is 1.52. The molecule has 1 heterocycles. The summed E-state index contributed by atoms with van der Waals surface area (Å²) in [4.78, 5) is 30.1. The normalized spacial score (nSPS) is 12.2. The van der Waals surface area contributed by atoms with Gasteiger partial charge in [-0.1, -0.05) is 29.1 Å². The molecule has 10 nitrogen and oxygen atoms in total. The van der Waals surface area contributed by atoms with E-state index in [2.05, 4.69) is 15.6 Å². The maximum Gasteiger partial charge on any atom is 0.408 e. The minimum atomic E-state index is -1.15. The highest BCUT2D eigenvalue weighted by Gasteiger charge is 2.24. The van der Waals surface area contributed by atoms with E-state index in [1.165, 1.54) is 4.85 Å². The zero-order valence-corrected chi connectivity index (χ0v) is 17.4.